The normalized spacial score (nSPS) is 11.4. The number of methoxy groups -OCH3 is 1. The Kier molecular flexibility index (Phi) is 5.11. The Bertz CT molecular complexity index is 440. The van der Waals surface area contributed by atoms with Crippen LogP contribution in [0, 0.1) is 0 Å². The van der Waals surface area contributed by atoms with Crippen LogP contribution in [0.4, 0.5) is 0 Å². The standard InChI is InChI=1S/C14H17NO3/c1-10(14(17)18-3)9-13(16)15-11(2)12-7-5-4-6-8-12/h4-8,11H,1,9H2,2-3H3,(H,15,16)/t11-/m0/s1. The van der Waals surface area contributed by atoms with Crippen LogP contribution in [0.25, 0.3) is 0 Å². The Morgan fingerprint density at radius 3 is 2.50 bits per heavy atom. The van der Waals surface area contributed by atoms with E-state index in [9.17, 15) is 9.59 Å². The molecule has 0 aliphatic carbocycles. The van der Waals surface area contributed by atoms with E-state index in [2.05, 4.69) is 16.6 Å². The van der Waals surface area contributed by atoms with E-state index in [1.54, 1.807) is 0 Å². The second-order valence-corrected chi connectivity index (χ2v) is 3.97. The van der Waals surface area contributed by atoms with E-state index in [0.717, 1.165) is 5.56 Å². The third-order valence-electron chi connectivity index (χ3n) is 2.53. The highest BCUT2D eigenvalue weighted by Gasteiger charge is 2.14. The summed E-state index contributed by atoms with van der Waals surface area (Å²) >= 11 is 0. The van der Waals surface area contributed by atoms with E-state index >= 15 is 0 Å². The van der Waals surface area contributed by atoms with Crippen LogP contribution in [0.1, 0.15) is 24.9 Å². The van der Waals surface area contributed by atoms with Crippen molar-refractivity contribution < 1.29 is 14.3 Å². The summed E-state index contributed by atoms with van der Waals surface area (Å²) in [5, 5.41) is 2.80. The van der Waals surface area contributed by atoms with E-state index in [-0.39, 0.29) is 23.9 Å². The van der Waals surface area contributed by atoms with Gasteiger partial charge in [-0.3, -0.25) is 4.79 Å². The summed E-state index contributed by atoms with van der Waals surface area (Å²) < 4.78 is 4.48. The first kappa shape index (κ1) is 14.0. The minimum Gasteiger partial charge on any atom is -0.466 e. The second kappa shape index (κ2) is 6.59. The monoisotopic (exact) mass is 247 g/mol. The van der Waals surface area contributed by atoms with Crippen LogP contribution in [0.2, 0.25) is 0 Å². The molecule has 1 aromatic rings. The van der Waals surface area contributed by atoms with Gasteiger partial charge < -0.3 is 10.1 Å². The molecule has 1 N–H and O–H groups in total. The molecular weight excluding hydrogens is 230 g/mol. The number of hydrogen-bond acceptors (Lipinski definition) is 3. The van der Waals surface area contributed by atoms with Crippen LogP contribution in [0.3, 0.4) is 0 Å². The summed E-state index contributed by atoms with van der Waals surface area (Å²) in [6, 6.07) is 9.48. The minimum absolute atomic E-state index is 0.0517. The van der Waals surface area contributed by atoms with Gasteiger partial charge in [0.25, 0.3) is 0 Å². The molecule has 1 amide bonds. The molecule has 0 aliphatic rings. The van der Waals surface area contributed by atoms with Gasteiger partial charge >= 0.3 is 5.97 Å². The van der Waals surface area contributed by atoms with Gasteiger partial charge in [0.2, 0.25) is 5.91 Å². The summed E-state index contributed by atoms with van der Waals surface area (Å²) in [6.45, 7) is 5.39. The Morgan fingerprint density at radius 1 is 1.33 bits per heavy atom. The molecule has 0 radical (unpaired) electrons. The number of benzene rings is 1. The number of rotatable bonds is 5. The Labute approximate surface area is 107 Å². The summed E-state index contributed by atoms with van der Waals surface area (Å²) in [5.41, 5.74) is 1.16. The number of amides is 1. The highest BCUT2D eigenvalue weighted by molar-refractivity contribution is 5.94. The summed E-state index contributed by atoms with van der Waals surface area (Å²) in [7, 11) is 1.26. The van der Waals surface area contributed by atoms with Gasteiger partial charge in [-0.25, -0.2) is 4.79 Å². The third kappa shape index (κ3) is 4.05. The smallest absolute Gasteiger partial charge is 0.333 e. The summed E-state index contributed by atoms with van der Waals surface area (Å²) in [4.78, 5) is 22.8. The van der Waals surface area contributed by atoms with Crippen LogP contribution < -0.4 is 5.32 Å². The largest absolute Gasteiger partial charge is 0.466 e. The minimum atomic E-state index is -0.558. The van der Waals surface area contributed by atoms with Gasteiger partial charge in [0, 0.05) is 5.57 Å². The van der Waals surface area contributed by atoms with Crippen LogP contribution in [-0.4, -0.2) is 19.0 Å². The predicted octanol–water partition coefficient (Wildman–Crippen LogP) is 1.98. The average molecular weight is 247 g/mol. The fourth-order valence-corrected chi connectivity index (χ4v) is 1.53. The zero-order valence-electron chi connectivity index (χ0n) is 10.6. The number of ether oxygens (including phenoxy) is 1. The number of hydrogen-bond donors (Lipinski definition) is 1. The van der Waals surface area contributed by atoms with Gasteiger partial charge in [-0.1, -0.05) is 36.9 Å². The molecule has 1 rings (SSSR count). The Hall–Kier alpha value is -2.10. The average Bonchev–Trinajstić information content (AvgIpc) is 2.38. The van der Waals surface area contributed by atoms with Gasteiger partial charge in [0.05, 0.1) is 19.6 Å². The zero-order valence-corrected chi connectivity index (χ0v) is 10.6. The van der Waals surface area contributed by atoms with E-state index in [1.807, 2.05) is 37.3 Å². The summed E-state index contributed by atoms with van der Waals surface area (Å²) in [6.07, 6.45) is -0.0517. The molecule has 0 spiro atoms. The SMILES string of the molecule is C=C(CC(=O)N[C@@H](C)c1ccccc1)C(=O)OC. The number of carbonyl (C=O) groups is 2. The maximum atomic E-state index is 11.7. The quantitative estimate of drug-likeness (QED) is 0.639. The highest BCUT2D eigenvalue weighted by atomic mass is 16.5. The van der Waals surface area contributed by atoms with Crippen molar-refractivity contribution in [1.29, 1.82) is 0 Å². The van der Waals surface area contributed by atoms with Gasteiger partial charge in [-0.05, 0) is 12.5 Å². The predicted molar refractivity (Wildman–Crippen MR) is 68.8 cm³/mol. The lowest BCUT2D eigenvalue weighted by molar-refractivity contribution is -0.137. The Morgan fingerprint density at radius 2 is 1.94 bits per heavy atom. The molecule has 1 atom stereocenters. The van der Waals surface area contributed by atoms with Gasteiger partial charge in [-0.15, -0.1) is 0 Å². The molecule has 0 saturated carbocycles. The molecule has 4 heteroatoms. The lowest BCUT2D eigenvalue weighted by Crippen LogP contribution is -2.27. The molecule has 18 heavy (non-hydrogen) atoms. The van der Waals surface area contributed by atoms with Gasteiger partial charge in [0.15, 0.2) is 0 Å². The lowest BCUT2D eigenvalue weighted by atomic mass is 10.1. The van der Waals surface area contributed by atoms with Crippen molar-refractivity contribution in [1.82, 2.24) is 5.32 Å². The molecule has 0 heterocycles. The first-order chi connectivity index (χ1) is 8.54. The second-order valence-electron chi connectivity index (χ2n) is 3.97. The maximum absolute atomic E-state index is 11.7. The van der Waals surface area contributed by atoms with Crippen molar-refractivity contribution >= 4 is 11.9 Å². The van der Waals surface area contributed by atoms with Crippen molar-refractivity contribution in [2.75, 3.05) is 7.11 Å². The lowest BCUT2D eigenvalue weighted by Gasteiger charge is -2.14. The first-order valence-corrected chi connectivity index (χ1v) is 5.65. The van der Waals surface area contributed by atoms with Gasteiger partial charge in [0.1, 0.15) is 0 Å². The first-order valence-electron chi connectivity index (χ1n) is 5.65. The number of carbonyl (C=O) groups excluding carboxylic acids is 2. The number of nitrogens with one attached hydrogen (secondary N) is 1. The van der Waals surface area contributed by atoms with E-state index in [4.69, 9.17) is 0 Å². The molecule has 96 valence electrons. The molecule has 4 nitrogen and oxygen atoms in total. The van der Waals surface area contributed by atoms with E-state index in [1.165, 1.54) is 7.11 Å². The van der Waals surface area contributed by atoms with Crippen molar-refractivity contribution in [3.8, 4) is 0 Å². The fourth-order valence-electron chi connectivity index (χ4n) is 1.53. The third-order valence-corrected chi connectivity index (χ3v) is 2.53. The van der Waals surface area contributed by atoms with Gasteiger partial charge in [-0.2, -0.15) is 0 Å². The van der Waals surface area contributed by atoms with Crippen molar-refractivity contribution in [3.63, 3.8) is 0 Å². The summed E-state index contributed by atoms with van der Waals surface area (Å²) in [5.74, 6) is -0.806. The molecule has 0 saturated heterocycles. The maximum Gasteiger partial charge on any atom is 0.333 e. The van der Waals surface area contributed by atoms with Crippen LogP contribution in [0.15, 0.2) is 42.5 Å². The zero-order chi connectivity index (χ0) is 13.5. The van der Waals surface area contributed by atoms with Crippen molar-refractivity contribution in [2.45, 2.75) is 19.4 Å². The molecule has 0 fully saturated rings. The molecule has 1 aromatic carbocycles. The molecule has 0 aliphatic heterocycles. The van der Waals surface area contributed by atoms with E-state index < -0.39 is 5.97 Å². The topological polar surface area (TPSA) is 55.4 Å². The molecular formula is C14H17NO3. The highest BCUT2D eigenvalue weighted by Crippen LogP contribution is 2.12. The van der Waals surface area contributed by atoms with Crippen LogP contribution in [-0.2, 0) is 14.3 Å². The molecule has 0 aromatic heterocycles. The molecule has 0 bridgehead atoms. The van der Waals surface area contributed by atoms with Crippen LogP contribution in [0.5, 0.6) is 0 Å². The fraction of sp³-hybridized carbons (Fsp3) is 0.286. The molecule has 0 unspecified atom stereocenters. The number of esters is 1. The Balaban J connectivity index is 2.51. The van der Waals surface area contributed by atoms with Crippen LogP contribution >= 0.6 is 0 Å². The van der Waals surface area contributed by atoms with Crippen molar-refractivity contribution in [3.05, 3.63) is 48.0 Å². The van der Waals surface area contributed by atoms with Crippen molar-refractivity contribution in [2.24, 2.45) is 0 Å². The van der Waals surface area contributed by atoms with E-state index in [0.29, 0.717) is 0 Å².